The van der Waals surface area contributed by atoms with Crippen molar-refractivity contribution in [3.63, 3.8) is 0 Å². The molecular formula is C14H12BrNO. The molecule has 0 radical (unpaired) electrons. The lowest BCUT2D eigenvalue weighted by Gasteiger charge is -2.10. The van der Waals surface area contributed by atoms with Gasteiger partial charge in [0.05, 0.1) is 12.8 Å². The van der Waals surface area contributed by atoms with E-state index in [2.05, 4.69) is 27.5 Å². The SMILES string of the molecule is C=C(c1ccc(Br)cn1)c1ccccc1OC. The van der Waals surface area contributed by atoms with Crippen LogP contribution in [0.1, 0.15) is 11.3 Å². The van der Waals surface area contributed by atoms with Gasteiger partial charge in [-0.2, -0.15) is 0 Å². The van der Waals surface area contributed by atoms with Gasteiger partial charge in [-0.05, 0) is 34.1 Å². The second-order valence-corrected chi connectivity index (χ2v) is 4.46. The van der Waals surface area contributed by atoms with Gasteiger partial charge in [0.15, 0.2) is 0 Å². The number of aromatic nitrogens is 1. The molecule has 0 N–H and O–H groups in total. The van der Waals surface area contributed by atoms with E-state index < -0.39 is 0 Å². The summed E-state index contributed by atoms with van der Waals surface area (Å²) in [5.41, 5.74) is 2.66. The van der Waals surface area contributed by atoms with Crippen LogP contribution in [0.5, 0.6) is 5.75 Å². The number of para-hydroxylation sites is 1. The summed E-state index contributed by atoms with van der Waals surface area (Å²) in [6.45, 7) is 4.08. The molecule has 0 atom stereocenters. The lowest BCUT2D eigenvalue weighted by Crippen LogP contribution is -1.94. The first-order valence-corrected chi connectivity index (χ1v) is 5.96. The zero-order valence-corrected chi connectivity index (χ0v) is 11.1. The average Bonchev–Trinajstić information content (AvgIpc) is 2.39. The predicted octanol–water partition coefficient (Wildman–Crippen LogP) is 3.91. The Morgan fingerprint density at radius 2 is 2.00 bits per heavy atom. The van der Waals surface area contributed by atoms with E-state index in [1.807, 2.05) is 36.4 Å². The minimum absolute atomic E-state index is 0.808. The molecule has 1 aromatic heterocycles. The molecule has 0 fully saturated rings. The largest absolute Gasteiger partial charge is 0.496 e. The molecular weight excluding hydrogens is 278 g/mol. The molecule has 0 saturated heterocycles. The minimum Gasteiger partial charge on any atom is -0.496 e. The second kappa shape index (κ2) is 5.15. The maximum atomic E-state index is 5.31. The van der Waals surface area contributed by atoms with Crippen LogP contribution in [0.2, 0.25) is 0 Å². The maximum absolute atomic E-state index is 5.31. The molecule has 2 rings (SSSR count). The highest BCUT2D eigenvalue weighted by Gasteiger charge is 2.08. The van der Waals surface area contributed by atoms with Crippen LogP contribution in [-0.4, -0.2) is 12.1 Å². The number of hydrogen-bond acceptors (Lipinski definition) is 2. The Hall–Kier alpha value is -1.61. The first-order chi connectivity index (χ1) is 8.22. The minimum atomic E-state index is 0.808. The quantitative estimate of drug-likeness (QED) is 0.855. The molecule has 0 aliphatic heterocycles. The van der Waals surface area contributed by atoms with Crippen LogP contribution < -0.4 is 4.74 Å². The molecule has 86 valence electrons. The highest BCUT2D eigenvalue weighted by Crippen LogP contribution is 2.28. The van der Waals surface area contributed by atoms with Gasteiger partial charge in [0.1, 0.15) is 5.75 Å². The number of methoxy groups -OCH3 is 1. The standard InChI is InChI=1S/C14H12BrNO/c1-10(13-8-7-11(15)9-16-13)12-5-3-4-6-14(12)17-2/h3-9H,1H2,2H3. The molecule has 2 aromatic rings. The summed E-state index contributed by atoms with van der Waals surface area (Å²) < 4.78 is 6.27. The Balaban J connectivity index is 2.40. The van der Waals surface area contributed by atoms with Gasteiger partial charge >= 0.3 is 0 Å². The third kappa shape index (κ3) is 2.56. The van der Waals surface area contributed by atoms with Crippen LogP contribution in [0.4, 0.5) is 0 Å². The highest BCUT2D eigenvalue weighted by molar-refractivity contribution is 9.10. The molecule has 1 heterocycles. The Labute approximate surface area is 109 Å². The highest BCUT2D eigenvalue weighted by atomic mass is 79.9. The van der Waals surface area contributed by atoms with Crippen molar-refractivity contribution in [2.24, 2.45) is 0 Å². The van der Waals surface area contributed by atoms with Gasteiger partial charge in [0, 0.05) is 21.8 Å². The van der Waals surface area contributed by atoms with E-state index in [0.717, 1.165) is 27.1 Å². The van der Waals surface area contributed by atoms with E-state index in [0.29, 0.717) is 0 Å². The molecule has 2 nitrogen and oxygen atoms in total. The van der Waals surface area contributed by atoms with Gasteiger partial charge in [-0.1, -0.05) is 24.8 Å². The third-order valence-electron chi connectivity index (χ3n) is 2.47. The number of hydrogen-bond donors (Lipinski definition) is 0. The van der Waals surface area contributed by atoms with Crippen LogP contribution in [0.15, 0.2) is 53.6 Å². The molecule has 0 spiro atoms. The summed E-state index contributed by atoms with van der Waals surface area (Å²) in [7, 11) is 1.65. The Bertz CT molecular complexity index is 534. The van der Waals surface area contributed by atoms with Crippen LogP contribution in [-0.2, 0) is 0 Å². The maximum Gasteiger partial charge on any atom is 0.126 e. The fourth-order valence-corrected chi connectivity index (χ4v) is 1.82. The number of ether oxygens (including phenoxy) is 1. The van der Waals surface area contributed by atoms with E-state index in [4.69, 9.17) is 4.74 Å². The van der Waals surface area contributed by atoms with Crippen LogP contribution in [0, 0.1) is 0 Å². The summed E-state index contributed by atoms with van der Waals surface area (Å²) in [4.78, 5) is 4.33. The number of pyridine rings is 1. The van der Waals surface area contributed by atoms with E-state index in [1.54, 1.807) is 13.3 Å². The van der Waals surface area contributed by atoms with Crippen molar-refractivity contribution in [3.05, 3.63) is 64.9 Å². The van der Waals surface area contributed by atoms with Crippen LogP contribution >= 0.6 is 15.9 Å². The monoisotopic (exact) mass is 289 g/mol. The molecule has 0 aliphatic rings. The number of benzene rings is 1. The number of halogens is 1. The molecule has 0 saturated carbocycles. The fourth-order valence-electron chi connectivity index (χ4n) is 1.59. The Kier molecular flexibility index (Phi) is 3.59. The molecule has 0 aliphatic carbocycles. The van der Waals surface area contributed by atoms with E-state index in [1.165, 1.54) is 0 Å². The Morgan fingerprint density at radius 1 is 1.24 bits per heavy atom. The summed E-state index contributed by atoms with van der Waals surface area (Å²) in [6, 6.07) is 11.7. The number of nitrogens with zero attached hydrogens (tertiary/aromatic N) is 1. The van der Waals surface area contributed by atoms with Crippen molar-refractivity contribution in [2.45, 2.75) is 0 Å². The van der Waals surface area contributed by atoms with Crippen molar-refractivity contribution < 1.29 is 4.74 Å². The van der Waals surface area contributed by atoms with E-state index in [-0.39, 0.29) is 0 Å². The molecule has 0 amide bonds. The fraction of sp³-hybridized carbons (Fsp3) is 0.0714. The van der Waals surface area contributed by atoms with Gasteiger partial charge in [-0.25, -0.2) is 0 Å². The summed E-state index contributed by atoms with van der Waals surface area (Å²) in [5.74, 6) is 0.808. The predicted molar refractivity (Wildman–Crippen MR) is 73.1 cm³/mol. The second-order valence-electron chi connectivity index (χ2n) is 3.54. The molecule has 0 unspecified atom stereocenters. The molecule has 17 heavy (non-hydrogen) atoms. The zero-order valence-electron chi connectivity index (χ0n) is 9.48. The van der Waals surface area contributed by atoms with Crippen molar-refractivity contribution in [3.8, 4) is 5.75 Å². The molecule has 3 heteroatoms. The molecule has 0 bridgehead atoms. The van der Waals surface area contributed by atoms with Gasteiger partial charge in [0.25, 0.3) is 0 Å². The van der Waals surface area contributed by atoms with Crippen molar-refractivity contribution in [1.29, 1.82) is 0 Å². The summed E-state index contributed by atoms with van der Waals surface area (Å²) >= 11 is 3.36. The lowest BCUT2D eigenvalue weighted by molar-refractivity contribution is 0.413. The van der Waals surface area contributed by atoms with Crippen molar-refractivity contribution >= 4 is 21.5 Å². The van der Waals surface area contributed by atoms with Gasteiger partial charge in [-0.15, -0.1) is 0 Å². The van der Waals surface area contributed by atoms with Crippen molar-refractivity contribution in [2.75, 3.05) is 7.11 Å². The third-order valence-corrected chi connectivity index (χ3v) is 2.94. The molecule has 1 aromatic carbocycles. The van der Waals surface area contributed by atoms with E-state index in [9.17, 15) is 0 Å². The normalized spacial score (nSPS) is 10.0. The lowest BCUT2D eigenvalue weighted by atomic mass is 10.0. The average molecular weight is 290 g/mol. The van der Waals surface area contributed by atoms with Crippen LogP contribution in [0.3, 0.4) is 0 Å². The van der Waals surface area contributed by atoms with Gasteiger partial charge in [0.2, 0.25) is 0 Å². The van der Waals surface area contributed by atoms with Crippen molar-refractivity contribution in [1.82, 2.24) is 4.98 Å². The first-order valence-electron chi connectivity index (χ1n) is 5.16. The number of rotatable bonds is 3. The Morgan fingerprint density at radius 3 is 2.65 bits per heavy atom. The van der Waals surface area contributed by atoms with Gasteiger partial charge in [-0.3, -0.25) is 4.98 Å². The topological polar surface area (TPSA) is 22.1 Å². The summed E-state index contributed by atoms with van der Waals surface area (Å²) in [6.07, 6.45) is 1.76. The summed E-state index contributed by atoms with van der Waals surface area (Å²) in [5, 5.41) is 0. The van der Waals surface area contributed by atoms with E-state index >= 15 is 0 Å². The zero-order chi connectivity index (χ0) is 12.3. The van der Waals surface area contributed by atoms with Crippen LogP contribution in [0.25, 0.3) is 5.57 Å². The first kappa shape index (κ1) is 11.9. The smallest absolute Gasteiger partial charge is 0.126 e. The van der Waals surface area contributed by atoms with Gasteiger partial charge < -0.3 is 4.74 Å².